The molecule has 29 heavy (non-hydrogen) atoms. The molecule has 2 heterocycles. The summed E-state index contributed by atoms with van der Waals surface area (Å²) in [5, 5.41) is 2.05. The van der Waals surface area contributed by atoms with Gasteiger partial charge >= 0.3 is 5.76 Å². The molecule has 3 aromatic carbocycles. The number of fused-ring (bicyclic) bond motifs is 4. The molecule has 146 valence electrons. The third kappa shape index (κ3) is 2.80. The monoisotopic (exact) mass is 407 g/mol. The number of para-hydroxylation sites is 1. The summed E-state index contributed by atoms with van der Waals surface area (Å²) in [6.07, 6.45) is 0. The summed E-state index contributed by atoms with van der Waals surface area (Å²) in [6.45, 7) is 2.90. The molecular weight excluding hydrogens is 390 g/mol. The van der Waals surface area contributed by atoms with Gasteiger partial charge in [0.15, 0.2) is 5.58 Å². The number of sulfonamides is 1. The highest BCUT2D eigenvalue weighted by molar-refractivity contribution is 7.92. The van der Waals surface area contributed by atoms with Crippen LogP contribution in [0.15, 0.2) is 74.8 Å². The number of H-pyrrole nitrogens is 1. The molecule has 0 saturated carbocycles. The zero-order valence-electron chi connectivity index (χ0n) is 15.5. The number of anilines is 1. The quantitative estimate of drug-likeness (QED) is 0.470. The SMILES string of the molecule is CCn1c2ccccc2c2cc(NS(=O)(=O)c3ccc4[nH]c(=O)oc4c3)ccc21. The van der Waals surface area contributed by atoms with Crippen molar-refractivity contribution < 1.29 is 12.8 Å². The van der Waals surface area contributed by atoms with E-state index in [1.54, 1.807) is 6.07 Å². The number of nitrogens with one attached hydrogen (secondary N) is 2. The summed E-state index contributed by atoms with van der Waals surface area (Å²) in [7, 11) is -3.85. The average Bonchev–Trinajstić information content (AvgIpc) is 3.23. The Morgan fingerprint density at radius 1 is 1.00 bits per heavy atom. The van der Waals surface area contributed by atoms with Gasteiger partial charge in [-0.3, -0.25) is 9.71 Å². The van der Waals surface area contributed by atoms with Gasteiger partial charge in [0.1, 0.15) is 0 Å². The lowest BCUT2D eigenvalue weighted by atomic mass is 10.1. The molecule has 2 aromatic heterocycles. The Morgan fingerprint density at radius 3 is 2.62 bits per heavy atom. The molecule has 0 aliphatic heterocycles. The summed E-state index contributed by atoms with van der Waals surface area (Å²) >= 11 is 0. The highest BCUT2D eigenvalue weighted by Crippen LogP contribution is 2.31. The topological polar surface area (TPSA) is 97.1 Å². The predicted molar refractivity (Wildman–Crippen MR) is 113 cm³/mol. The summed E-state index contributed by atoms with van der Waals surface area (Å²) in [5.41, 5.74) is 3.26. The molecule has 0 atom stereocenters. The molecule has 0 spiro atoms. The Hall–Kier alpha value is -3.52. The first-order valence-corrected chi connectivity index (χ1v) is 10.6. The average molecular weight is 407 g/mol. The number of aryl methyl sites for hydroxylation is 1. The van der Waals surface area contributed by atoms with Crippen LogP contribution in [0.4, 0.5) is 5.69 Å². The van der Waals surface area contributed by atoms with E-state index in [4.69, 9.17) is 4.42 Å². The first-order chi connectivity index (χ1) is 14.0. The molecular formula is C21H17N3O4S. The van der Waals surface area contributed by atoms with E-state index in [2.05, 4.69) is 27.3 Å². The maximum Gasteiger partial charge on any atom is 0.417 e. The highest BCUT2D eigenvalue weighted by atomic mass is 32.2. The van der Waals surface area contributed by atoms with E-state index in [1.807, 2.05) is 30.3 Å². The molecule has 2 N–H and O–H groups in total. The Bertz CT molecular complexity index is 1560. The van der Waals surface area contributed by atoms with E-state index < -0.39 is 15.8 Å². The van der Waals surface area contributed by atoms with E-state index in [9.17, 15) is 13.2 Å². The van der Waals surface area contributed by atoms with Crippen LogP contribution in [0, 0.1) is 0 Å². The smallest absolute Gasteiger partial charge is 0.408 e. The number of aromatic amines is 1. The van der Waals surface area contributed by atoms with Crippen LogP contribution in [0.1, 0.15) is 6.92 Å². The van der Waals surface area contributed by atoms with E-state index in [0.29, 0.717) is 11.2 Å². The van der Waals surface area contributed by atoms with Crippen LogP contribution in [0.25, 0.3) is 32.9 Å². The minimum Gasteiger partial charge on any atom is -0.408 e. The van der Waals surface area contributed by atoms with Crippen LogP contribution in [0.3, 0.4) is 0 Å². The van der Waals surface area contributed by atoms with Gasteiger partial charge in [-0.2, -0.15) is 0 Å². The molecule has 5 aromatic rings. The van der Waals surface area contributed by atoms with Gasteiger partial charge in [-0.1, -0.05) is 18.2 Å². The van der Waals surface area contributed by atoms with Gasteiger partial charge < -0.3 is 8.98 Å². The van der Waals surface area contributed by atoms with Crippen molar-refractivity contribution in [3.05, 3.63) is 71.2 Å². The predicted octanol–water partition coefficient (Wildman–Crippen LogP) is 4.05. The van der Waals surface area contributed by atoms with Crippen LogP contribution in [0.2, 0.25) is 0 Å². The molecule has 8 heteroatoms. The molecule has 0 amide bonds. The lowest BCUT2D eigenvalue weighted by Gasteiger charge is -2.09. The number of nitrogens with zero attached hydrogens (tertiary/aromatic N) is 1. The van der Waals surface area contributed by atoms with Crippen molar-refractivity contribution in [3.8, 4) is 0 Å². The second-order valence-corrected chi connectivity index (χ2v) is 8.45. The zero-order chi connectivity index (χ0) is 20.2. The zero-order valence-corrected chi connectivity index (χ0v) is 16.3. The fourth-order valence-corrected chi connectivity index (χ4v) is 4.83. The van der Waals surface area contributed by atoms with Gasteiger partial charge in [-0.25, -0.2) is 13.2 Å². The highest BCUT2D eigenvalue weighted by Gasteiger charge is 2.17. The number of rotatable bonds is 4. The summed E-state index contributed by atoms with van der Waals surface area (Å²) in [6, 6.07) is 17.8. The molecule has 0 saturated heterocycles. The molecule has 5 rings (SSSR count). The number of oxazole rings is 1. The number of hydrogen-bond donors (Lipinski definition) is 2. The largest absolute Gasteiger partial charge is 0.417 e. The second-order valence-electron chi connectivity index (χ2n) is 6.77. The van der Waals surface area contributed by atoms with Gasteiger partial charge in [0, 0.05) is 40.1 Å². The van der Waals surface area contributed by atoms with Crippen molar-refractivity contribution in [2.24, 2.45) is 0 Å². The van der Waals surface area contributed by atoms with Crippen LogP contribution < -0.4 is 10.5 Å². The molecule has 0 radical (unpaired) electrons. The molecule has 0 fully saturated rings. The van der Waals surface area contributed by atoms with E-state index in [1.165, 1.54) is 18.2 Å². The standard InChI is InChI=1S/C21H17N3O4S/c1-2-24-18-6-4-3-5-15(18)16-11-13(7-10-19(16)24)23-29(26,27)14-8-9-17-20(12-14)28-21(25)22-17/h3-12,23H,2H2,1H3,(H,22,25). The molecule has 0 unspecified atom stereocenters. The molecule has 7 nitrogen and oxygen atoms in total. The minimum atomic E-state index is -3.85. The Balaban J connectivity index is 1.59. The van der Waals surface area contributed by atoms with Crippen LogP contribution >= 0.6 is 0 Å². The van der Waals surface area contributed by atoms with Gasteiger partial charge in [0.2, 0.25) is 0 Å². The second kappa shape index (κ2) is 6.25. The molecule has 0 aliphatic rings. The fourth-order valence-electron chi connectivity index (χ4n) is 3.76. The number of benzene rings is 3. The first-order valence-electron chi connectivity index (χ1n) is 9.13. The third-order valence-electron chi connectivity index (χ3n) is 5.04. The Labute approximate surface area is 165 Å². The van der Waals surface area contributed by atoms with Crippen molar-refractivity contribution in [1.29, 1.82) is 0 Å². The molecule has 0 bridgehead atoms. The van der Waals surface area contributed by atoms with Gasteiger partial charge in [-0.05, 0) is 43.3 Å². The van der Waals surface area contributed by atoms with Crippen molar-refractivity contribution in [2.75, 3.05) is 4.72 Å². The van der Waals surface area contributed by atoms with Crippen LogP contribution in [-0.4, -0.2) is 18.0 Å². The summed E-state index contributed by atoms with van der Waals surface area (Å²) in [4.78, 5) is 13.8. The van der Waals surface area contributed by atoms with Crippen molar-refractivity contribution >= 4 is 48.6 Å². The van der Waals surface area contributed by atoms with Gasteiger partial charge in [0.25, 0.3) is 10.0 Å². The van der Waals surface area contributed by atoms with Crippen LogP contribution in [-0.2, 0) is 16.6 Å². The van der Waals surface area contributed by atoms with Crippen molar-refractivity contribution in [1.82, 2.24) is 9.55 Å². The van der Waals surface area contributed by atoms with Gasteiger partial charge in [-0.15, -0.1) is 0 Å². The minimum absolute atomic E-state index is 0.0174. The van der Waals surface area contributed by atoms with Crippen molar-refractivity contribution in [3.63, 3.8) is 0 Å². The number of hydrogen-bond acceptors (Lipinski definition) is 4. The van der Waals surface area contributed by atoms with E-state index >= 15 is 0 Å². The third-order valence-corrected chi connectivity index (χ3v) is 6.42. The van der Waals surface area contributed by atoms with E-state index in [-0.39, 0.29) is 10.5 Å². The van der Waals surface area contributed by atoms with Gasteiger partial charge in [0.05, 0.1) is 10.4 Å². The fraction of sp³-hybridized carbons (Fsp3) is 0.0952. The Morgan fingerprint density at radius 2 is 1.79 bits per heavy atom. The normalized spacial score (nSPS) is 12.2. The van der Waals surface area contributed by atoms with Crippen molar-refractivity contribution in [2.45, 2.75) is 18.4 Å². The maximum absolute atomic E-state index is 12.9. The summed E-state index contributed by atoms with van der Waals surface area (Å²) in [5.74, 6) is -0.625. The molecule has 0 aliphatic carbocycles. The van der Waals surface area contributed by atoms with E-state index in [0.717, 1.165) is 28.4 Å². The first kappa shape index (κ1) is 17.6. The maximum atomic E-state index is 12.9. The number of aromatic nitrogens is 2. The van der Waals surface area contributed by atoms with Crippen LogP contribution in [0.5, 0.6) is 0 Å². The Kier molecular flexibility index (Phi) is 3.78. The lowest BCUT2D eigenvalue weighted by molar-refractivity contribution is 0.554. The lowest BCUT2D eigenvalue weighted by Crippen LogP contribution is -2.12. The summed E-state index contributed by atoms with van der Waals surface area (Å²) < 4.78 is 35.5.